The Morgan fingerprint density at radius 3 is 2.68 bits per heavy atom. The zero-order valence-corrected chi connectivity index (χ0v) is 16.2. The summed E-state index contributed by atoms with van der Waals surface area (Å²) in [7, 11) is 1.61. The van der Waals surface area contributed by atoms with Gasteiger partial charge in [0.05, 0.1) is 37.8 Å². The van der Waals surface area contributed by atoms with Gasteiger partial charge in [-0.3, -0.25) is 9.59 Å². The van der Waals surface area contributed by atoms with Crippen LogP contribution in [0.4, 0.5) is 0 Å². The number of likely N-dealkylation sites (N-methyl/N-ethyl adjacent to an activating group) is 1. The van der Waals surface area contributed by atoms with Gasteiger partial charge in [-0.1, -0.05) is 30.3 Å². The van der Waals surface area contributed by atoms with Gasteiger partial charge < -0.3 is 24.8 Å². The summed E-state index contributed by atoms with van der Waals surface area (Å²) in [5.41, 5.74) is 8.01. The van der Waals surface area contributed by atoms with Gasteiger partial charge in [-0.15, -0.1) is 0 Å². The summed E-state index contributed by atoms with van der Waals surface area (Å²) in [6.45, 7) is 2.93. The molecule has 0 unspecified atom stereocenters. The molecule has 1 saturated heterocycles. The Morgan fingerprint density at radius 1 is 1.25 bits per heavy atom. The molecule has 2 heterocycles. The molecule has 1 aromatic heterocycles. The Labute approximate surface area is 164 Å². The normalized spacial score (nSPS) is 15.3. The van der Waals surface area contributed by atoms with E-state index in [0.29, 0.717) is 39.3 Å². The number of rotatable bonds is 7. The molecule has 1 aliphatic rings. The van der Waals surface area contributed by atoms with Crippen LogP contribution in [0.3, 0.4) is 0 Å². The molecule has 0 saturated carbocycles. The summed E-state index contributed by atoms with van der Waals surface area (Å²) >= 11 is 0. The summed E-state index contributed by atoms with van der Waals surface area (Å²) < 4.78 is 7.21. The fourth-order valence-corrected chi connectivity index (χ4v) is 3.18. The maximum Gasteiger partial charge on any atom is 0.242 e. The number of hydrogen-bond donors (Lipinski definition) is 1. The number of morpholine rings is 1. The molecule has 2 amide bonds. The molecule has 0 aliphatic carbocycles. The minimum Gasteiger partial charge on any atom is -0.378 e. The number of hydrogen-bond acceptors (Lipinski definition) is 5. The van der Waals surface area contributed by atoms with Crippen molar-refractivity contribution in [3.8, 4) is 0 Å². The van der Waals surface area contributed by atoms with Crippen LogP contribution in [0.1, 0.15) is 11.3 Å². The van der Waals surface area contributed by atoms with Gasteiger partial charge >= 0.3 is 0 Å². The third-order valence-electron chi connectivity index (χ3n) is 4.75. The van der Waals surface area contributed by atoms with E-state index in [0.717, 1.165) is 5.69 Å². The van der Waals surface area contributed by atoms with Crippen LogP contribution in [0.2, 0.25) is 0 Å². The fourth-order valence-electron chi connectivity index (χ4n) is 3.18. The Morgan fingerprint density at radius 2 is 1.96 bits per heavy atom. The molecular formula is C20H27N5O3. The molecule has 1 fully saturated rings. The highest BCUT2D eigenvalue weighted by molar-refractivity contribution is 5.87. The summed E-state index contributed by atoms with van der Waals surface area (Å²) in [6.07, 6.45) is 3.97. The van der Waals surface area contributed by atoms with Crippen LogP contribution in [-0.4, -0.2) is 77.1 Å². The van der Waals surface area contributed by atoms with Crippen molar-refractivity contribution in [1.82, 2.24) is 19.4 Å². The van der Waals surface area contributed by atoms with E-state index in [1.165, 1.54) is 10.5 Å². The number of ether oxygens (including phenoxy) is 1. The monoisotopic (exact) mass is 385 g/mol. The van der Waals surface area contributed by atoms with Crippen LogP contribution in [-0.2, 0) is 27.3 Å². The molecule has 28 heavy (non-hydrogen) atoms. The molecule has 0 spiro atoms. The molecule has 8 nitrogen and oxygen atoms in total. The first-order valence-electron chi connectivity index (χ1n) is 9.43. The molecular weight excluding hydrogens is 358 g/mol. The standard InChI is InChI=1S/C20H27N5O3/c1-23(14-19(26)25-7-9-28-10-8-25)20(27)18(21)11-17-13-24(15-22-17)12-16-5-3-2-4-6-16/h2-6,13,15,18H,7-12,14,21H2,1H3/t18-/m0/s1. The smallest absolute Gasteiger partial charge is 0.242 e. The molecule has 2 N–H and O–H groups in total. The lowest BCUT2D eigenvalue weighted by Gasteiger charge is -2.29. The van der Waals surface area contributed by atoms with Gasteiger partial charge in [0.15, 0.2) is 0 Å². The number of carbonyl (C=O) groups excluding carboxylic acids is 2. The second-order valence-electron chi connectivity index (χ2n) is 7.02. The van der Waals surface area contributed by atoms with E-state index in [-0.39, 0.29) is 18.4 Å². The van der Waals surface area contributed by atoms with Gasteiger partial charge in [0.25, 0.3) is 0 Å². The van der Waals surface area contributed by atoms with Crippen molar-refractivity contribution in [2.45, 2.75) is 19.0 Å². The average molecular weight is 385 g/mol. The van der Waals surface area contributed by atoms with E-state index in [1.807, 2.05) is 29.0 Å². The molecule has 150 valence electrons. The number of nitrogens with zero attached hydrogens (tertiary/aromatic N) is 4. The van der Waals surface area contributed by atoms with Crippen molar-refractivity contribution < 1.29 is 14.3 Å². The molecule has 3 rings (SSSR count). The first kappa shape index (κ1) is 20.0. The molecule has 0 radical (unpaired) electrons. The van der Waals surface area contributed by atoms with Crippen molar-refractivity contribution in [2.75, 3.05) is 39.9 Å². The summed E-state index contributed by atoms with van der Waals surface area (Å²) in [5, 5.41) is 0. The Bertz CT molecular complexity index is 786. The third-order valence-corrected chi connectivity index (χ3v) is 4.75. The van der Waals surface area contributed by atoms with Gasteiger partial charge in [0.1, 0.15) is 0 Å². The second-order valence-corrected chi connectivity index (χ2v) is 7.02. The minimum atomic E-state index is -0.734. The number of aromatic nitrogens is 2. The van der Waals surface area contributed by atoms with Crippen molar-refractivity contribution in [2.24, 2.45) is 5.73 Å². The van der Waals surface area contributed by atoms with Gasteiger partial charge in [-0.25, -0.2) is 4.98 Å². The Hall–Kier alpha value is -2.71. The van der Waals surface area contributed by atoms with Gasteiger partial charge in [0, 0.05) is 39.3 Å². The van der Waals surface area contributed by atoms with Crippen LogP contribution in [0, 0.1) is 0 Å². The molecule has 8 heteroatoms. The quantitative estimate of drug-likeness (QED) is 0.731. The molecule has 1 aliphatic heterocycles. The maximum atomic E-state index is 12.5. The van der Waals surface area contributed by atoms with Crippen LogP contribution >= 0.6 is 0 Å². The highest BCUT2D eigenvalue weighted by Crippen LogP contribution is 2.07. The van der Waals surface area contributed by atoms with Crippen molar-refractivity contribution in [1.29, 1.82) is 0 Å². The van der Waals surface area contributed by atoms with Crippen LogP contribution < -0.4 is 5.73 Å². The number of imidazole rings is 1. The fraction of sp³-hybridized carbons (Fsp3) is 0.450. The van der Waals surface area contributed by atoms with E-state index in [2.05, 4.69) is 17.1 Å². The molecule has 2 aromatic rings. The first-order valence-corrected chi connectivity index (χ1v) is 9.43. The molecule has 0 bridgehead atoms. The maximum absolute atomic E-state index is 12.5. The average Bonchev–Trinajstić information content (AvgIpc) is 3.15. The van der Waals surface area contributed by atoms with E-state index in [9.17, 15) is 9.59 Å². The van der Waals surface area contributed by atoms with E-state index in [4.69, 9.17) is 10.5 Å². The van der Waals surface area contributed by atoms with E-state index in [1.54, 1.807) is 18.3 Å². The number of benzene rings is 1. The zero-order valence-electron chi connectivity index (χ0n) is 16.2. The minimum absolute atomic E-state index is 0.0228. The lowest BCUT2D eigenvalue weighted by molar-refractivity contribution is -0.142. The SMILES string of the molecule is CN(CC(=O)N1CCOCC1)C(=O)[C@@H](N)Cc1cn(Cc2ccccc2)cn1. The van der Waals surface area contributed by atoms with Gasteiger partial charge in [0.2, 0.25) is 11.8 Å². The number of carbonyl (C=O) groups is 2. The number of nitrogens with two attached hydrogens (primary N) is 1. The summed E-state index contributed by atoms with van der Waals surface area (Å²) in [5.74, 6) is -0.349. The highest BCUT2D eigenvalue weighted by atomic mass is 16.5. The van der Waals surface area contributed by atoms with Crippen molar-refractivity contribution in [3.05, 3.63) is 54.1 Å². The van der Waals surface area contributed by atoms with E-state index >= 15 is 0 Å². The van der Waals surface area contributed by atoms with Crippen LogP contribution in [0.15, 0.2) is 42.9 Å². The number of amides is 2. The first-order chi connectivity index (χ1) is 13.5. The van der Waals surface area contributed by atoms with E-state index < -0.39 is 6.04 Å². The van der Waals surface area contributed by atoms with Crippen molar-refractivity contribution in [3.63, 3.8) is 0 Å². The summed E-state index contributed by atoms with van der Waals surface area (Å²) in [4.78, 5) is 32.3. The predicted octanol–water partition coefficient (Wildman–Crippen LogP) is 0.118. The molecule has 1 atom stereocenters. The van der Waals surface area contributed by atoms with Crippen LogP contribution in [0.25, 0.3) is 0 Å². The van der Waals surface area contributed by atoms with Gasteiger partial charge in [-0.2, -0.15) is 0 Å². The summed E-state index contributed by atoms with van der Waals surface area (Å²) in [6, 6.07) is 9.34. The third kappa shape index (κ3) is 5.40. The zero-order chi connectivity index (χ0) is 19.9. The van der Waals surface area contributed by atoms with Crippen LogP contribution in [0.5, 0.6) is 0 Å². The topological polar surface area (TPSA) is 93.7 Å². The largest absolute Gasteiger partial charge is 0.378 e. The Balaban J connectivity index is 1.50. The highest BCUT2D eigenvalue weighted by Gasteiger charge is 2.24. The molecule has 1 aromatic carbocycles. The second kappa shape index (κ2) is 9.48. The van der Waals surface area contributed by atoms with Gasteiger partial charge in [-0.05, 0) is 5.56 Å². The Kier molecular flexibility index (Phi) is 6.78. The van der Waals surface area contributed by atoms with Crippen molar-refractivity contribution >= 4 is 11.8 Å². The lowest BCUT2D eigenvalue weighted by atomic mass is 10.1. The lowest BCUT2D eigenvalue weighted by Crippen LogP contribution is -2.49. The predicted molar refractivity (Wildman–Crippen MR) is 104 cm³/mol.